The number of aliphatic hydroxyl groups excluding tert-OH is 2. The minimum absolute atomic E-state index is 0.0681. The van der Waals surface area contributed by atoms with E-state index in [2.05, 4.69) is 16.0 Å². The minimum Gasteiger partial charge on any atom is -0.480 e. The largest absolute Gasteiger partial charge is 0.480 e. The van der Waals surface area contributed by atoms with Gasteiger partial charge >= 0.3 is 5.97 Å². The van der Waals surface area contributed by atoms with Gasteiger partial charge in [0, 0.05) is 6.54 Å². The van der Waals surface area contributed by atoms with Gasteiger partial charge in [-0.2, -0.15) is 11.8 Å². The molecule has 1 fully saturated rings. The summed E-state index contributed by atoms with van der Waals surface area (Å²) in [5.41, 5.74) is 5.80. The van der Waals surface area contributed by atoms with Crippen LogP contribution in [-0.2, 0) is 24.0 Å². The highest BCUT2D eigenvalue weighted by Gasteiger charge is 2.38. The molecule has 4 amide bonds. The second kappa shape index (κ2) is 15.6. The van der Waals surface area contributed by atoms with Gasteiger partial charge in [0.2, 0.25) is 23.6 Å². The number of carbonyl (C=O) groups is 5. The number of aliphatic hydroxyl groups is 2. The molecule has 36 heavy (non-hydrogen) atoms. The molecule has 1 saturated heterocycles. The van der Waals surface area contributed by atoms with Gasteiger partial charge in [-0.1, -0.05) is 13.8 Å². The van der Waals surface area contributed by atoms with Crippen LogP contribution in [0.15, 0.2) is 0 Å². The fourth-order valence-corrected chi connectivity index (χ4v) is 4.26. The van der Waals surface area contributed by atoms with Crippen molar-refractivity contribution < 1.29 is 39.3 Å². The van der Waals surface area contributed by atoms with Crippen molar-refractivity contribution >= 4 is 41.4 Å². The maximum Gasteiger partial charge on any atom is 0.326 e. The molecule has 13 nitrogen and oxygen atoms in total. The van der Waals surface area contributed by atoms with Crippen LogP contribution in [0.1, 0.15) is 39.5 Å². The number of carboxylic acids is 1. The predicted octanol–water partition coefficient (Wildman–Crippen LogP) is -2.37. The van der Waals surface area contributed by atoms with Crippen LogP contribution in [-0.4, -0.2) is 112 Å². The van der Waals surface area contributed by atoms with Crippen LogP contribution in [0.2, 0.25) is 0 Å². The van der Waals surface area contributed by atoms with E-state index in [-0.39, 0.29) is 25.3 Å². The van der Waals surface area contributed by atoms with Crippen molar-refractivity contribution in [1.82, 2.24) is 20.9 Å². The highest BCUT2D eigenvalue weighted by molar-refractivity contribution is 7.98. The Morgan fingerprint density at radius 1 is 0.972 bits per heavy atom. The Hall–Kier alpha value is -2.42. The quantitative estimate of drug-likeness (QED) is 0.119. The van der Waals surface area contributed by atoms with Crippen LogP contribution < -0.4 is 21.7 Å². The Morgan fingerprint density at radius 2 is 1.53 bits per heavy atom. The molecule has 0 aromatic carbocycles. The SMILES string of the molecule is CSCC[C@H](N)C(=O)N[C@@H](CO)C(=O)N[C@@H](CC(C)C)C(=O)N[C@@H](CO)C(=O)N1CCC[C@H]1C(=O)O. The summed E-state index contributed by atoms with van der Waals surface area (Å²) in [6.45, 7) is 2.30. The van der Waals surface area contributed by atoms with E-state index in [0.717, 1.165) is 4.90 Å². The van der Waals surface area contributed by atoms with Gasteiger partial charge < -0.3 is 41.9 Å². The predicted molar refractivity (Wildman–Crippen MR) is 133 cm³/mol. The average molecular weight is 534 g/mol. The Balaban J connectivity index is 2.89. The van der Waals surface area contributed by atoms with E-state index in [9.17, 15) is 39.3 Å². The van der Waals surface area contributed by atoms with Crippen molar-refractivity contribution in [3.05, 3.63) is 0 Å². The lowest BCUT2D eigenvalue weighted by Gasteiger charge is -2.28. The van der Waals surface area contributed by atoms with Crippen molar-refractivity contribution in [2.75, 3.05) is 31.8 Å². The summed E-state index contributed by atoms with van der Waals surface area (Å²) < 4.78 is 0. The van der Waals surface area contributed by atoms with Gasteiger partial charge in [-0.15, -0.1) is 0 Å². The second-order valence-electron chi connectivity index (χ2n) is 9.09. The first-order valence-corrected chi connectivity index (χ1v) is 13.3. The molecule has 1 aliphatic rings. The monoisotopic (exact) mass is 533 g/mol. The molecular weight excluding hydrogens is 494 g/mol. The number of hydrogen-bond acceptors (Lipinski definition) is 9. The first-order chi connectivity index (χ1) is 17.0. The number of carboxylic acid groups (broad SMARTS) is 1. The number of nitrogens with two attached hydrogens (primary N) is 1. The Labute approximate surface area is 214 Å². The lowest BCUT2D eigenvalue weighted by molar-refractivity contribution is -0.150. The number of hydrogen-bond donors (Lipinski definition) is 7. The summed E-state index contributed by atoms with van der Waals surface area (Å²) in [6, 6.07) is -5.80. The minimum atomic E-state index is -1.40. The van der Waals surface area contributed by atoms with Gasteiger partial charge in [-0.3, -0.25) is 19.2 Å². The van der Waals surface area contributed by atoms with Crippen molar-refractivity contribution in [2.24, 2.45) is 11.7 Å². The third kappa shape index (κ3) is 9.56. The molecule has 1 aliphatic heterocycles. The summed E-state index contributed by atoms with van der Waals surface area (Å²) in [7, 11) is 0. The highest BCUT2D eigenvalue weighted by Crippen LogP contribution is 2.18. The van der Waals surface area contributed by atoms with Crippen LogP contribution >= 0.6 is 11.8 Å². The molecule has 1 heterocycles. The molecule has 5 atom stereocenters. The van der Waals surface area contributed by atoms with Gasteiger partial charge in [-0.25, -0.2) is 4.79 Å². The molecule has 0 aliphatic carbocycles. The number of amides is 4. The van der Waals surface area contributed by atoms with E-state index in [1.54, 1.807) is 13.8 Å². The Bertz CT molecular complexity index is 784. The summed E-state index contributed by atoms with van der Waals surface area (Å²) in [5, 5.41) is 35.9. The normalized spacial score (nSPS) is 18.8. The van der Waals surface area contributed by atoms with Crippen LogP contribution in [0.5, 0.6) is 0 Å². The zero-order chi connectivity index (χ0) is 27.4. The lowest BCUT2D eigenvalue weighted by atomic mass is 10.0. The summed E-state index contributed by atoms with van der Waals surface area (Å²) in [4.78, 5) is 63.3. The number of likely N-dealkylation sites (tertiary alicyclic amines) is 1. The fourth-order valence-electron chi connectivity index (χ4n) is 3.77. The fraction of sp³-hybridized carbons (Fsp3) is 0.773. The number of nitrogens with zero attached hydrogens (tertiary/aromatic N) is 1. The zero-order valence-corrected chi connectivity index (χ0v) is 21.8. The molecule has 1 rings (SSSR count). The van der Waals surface area contributed by atoms with Crippen molar-refractivity contribution in [3.8, 4) is 0 Å². The molecule has 0 unspecified atom stereocenters. The molecule has 0 spiro atoms. The number of carbonyl (C=O) groups excluding carboxylic acids is 4. The van der Waals surface area contributed by atoms with Crippen LogP contribution in [0.25, 0.3) is 0 Å². The Morgan fingerprint density at radius 3 is 2.06 bits per heavy atom. The standard InChI is InChI=1S/C22H39N5O8S/c1-12(2)9-14(24-20(32)15(10-28)25-18(30)13(23)6-8-36-3)19(31)26-16(11-29)21(33)27-7-4-5-17(27)22(34)35/h12-17,28-29H,4-11,23H2,1-3H3,(H,24,32)(H,25,30)(H,26,31)(H,34,35)/t13-,14-,15-,16-,17-/m0/s1. The van der Waals surface area contributed by atoms with Crippen molar-refractivity contribution in [3.63, 3.8) is 0 Å². The van der Waals surface area contributed by atoms with E-state index in [4.69, 9.17) is 5.73 Å². The van der Waals surface area contributed by atoms with Gasteiger partial charge in [0.1, 0.15) is 24.2 Å². The van der Waals surface area contributed by atoms with Crippen molar-refractivity contribution in [1.29, 1.82) is 0 Å². The molecule has 8 N–H and O–H groups in total. The van der Waals surface area contributed by atoms with E-state index >= 15 is 0 Å². The number of rotatable bonds is 15. The van der Waals surface area contributed by atoms with E-state index in [0.29, 0.717) is 18.6 Å². The summed E-state index contributed by atoms with van der Waals surface area (Å²) in [5.74, 6) is -3.54. The summed E-state index contributed by atoms with van der Waals surface area (Å²) in [6.07, 6.45) is 3.15. The van der Waals surface area contributed by atoms with E-state index in [1.165, 1.54) is 11.8 Å². The molecular formula is C22H39N5O8S. The van der Waals surface area contributed by atoms with Gasteiger partial charge in [0.25, 0.3) is 0 Å². The number of aliphatic carboxylic acids is 1. The molecule has 0 aromatic heterocycles. The highest BCUT2D eigenvalue weighted by atomic mass is 32.2. The number of nitrogens with one attached hydrogen (secondary N) is 3. The van der Waals surface area contributed by atoms with Gasteiger partial charge in [-0.05, 0) is 43.6 Å². The van der Waals surface area contributed by atoms with E-state index < -0.39 is 73.0 Å². The van der Waals surface area contributed by atoms with Crippen LogP contribution in [0.3, 0.4) is 0 Å². The molecule has 0 saturated carbocycles. The van der Waals surface area contributed by atoms with Gasteiger partial charge in [0.05, 0.1) is 19.3 Å². The Kier molecular flexibility index (Phi) is 13.7. The third-order valence-electron chi connectivity index (χ3n) is 5.74. The summed E-state index contributed by atoms with van der Waals surface area (Å²) >= 11 is 1.51. The second-order valence-corrected chi connectivity index (χ2v) is 10.1. The molecule has 0 radical (unpaired) electrons. The average Bonchev–Trinajstić information content (AvgIpc) is 3.33. The number of thioether (sulfide) groups is 1. The first kappa shape index (κ1) is 31.6. The zero-order valence-electron chi connectivity index (χ0n) is 20.9. The van der Waals surface area contributed by atoms with E-state index in [1.807, 2.05) is 6.26 Å². The smallest absolute Gasteiger partial charge is 0.326 e. The third-order valence-corrected chi connectivity index (χ3v) is 6.39. The van der Waals surface area contributed by atoms with Gasteiger partial charge in [0.15, 0.2) is 0 Å². The van der Waals surface area contributed by atoms with Crippen molar-refractivity contribution in [2.45, 2.75) is 69.7 Å². The topological polar surface area (TPSA) is 211 Å². The molecule has 0 bridgehead atoms. The molecule has 0 aromatic rings. The maximum atomic E-state index is 13.0. The first-order valence-electron chi connectivity index (χ1n) is 11.9. The lowest BCUT2D eigenvalue weighted by Crippen LogP contribution is -2.60. The maximum absolute atomic E-state index is 13.0. The molecule has 14 heteroatoms. The molecule has 206 valence electrons. The van der Waals surface area contributed by atoms with Crippen LogP contribution in [0, 0.1) is 5.92 Å². The van der Waals surface area contributed by atoms with Crippen LogP contribution in [0.4, 0.5) is 0 Å².